The van der Waals surface area contributed by atoms with Crippen molar-refractivity contribution < 1.29 is 9.53 Å². The van der Waals surface area contributed by atoms with Crippen molar-refractivity contribution in [3.05, 3.63) is 34.9 Å². The van der Waals surface area contributed by atoms with Gasteiger partial charge in [-0.15, -0.1) is 0 Å². The van der Waals surface area contributed by atoms with Crippen molar-refractivity contribution in [2.75, 3.05) is 26.8 Å². The molecule has 0 amide bonds. The Morgan fingerprint density at radius 2 is 2.05 bits per heavy atom. The Kier molecular flexibility index (Phi) is 6.19. The molecule has 3 heteroatoms. The molecule has 1 aromatic carbocycles. The van der Waals surface area contributed by atoms with E-state index in [-0.39, 0.29) is 11.8 Å². The van der Waals surface area contributed by atoms with Gasteiger partial charge in [-0.05, 0) is 46.4 Å². The maximum atomic E-state index is 12.5. The normalized spacial score (nSPS) is 12.7. The first-order valence-corrected chi connectivity index (χ1v) is 6.86. The van der Waals surface area contributed by atoms with Crippen LogP contribution >= 0.6 is 0 Å². The Hall–Kier alpha value is -1.19. The van der Waals surface area contributed by atoms with Gasteiger partial charge in [-0.25, -0.2) is 0 Å². The molecule has 0 fully saturated rings. The fourth-order valence-corrected chi connectivity index (χ4v) is 1.97. The standard InChI is InChI=1S/C16H25NO2/c1-6-19-10-9-17(5)14(4)16(18)15-11-12(2)7-8-13(15)3/h7-8,11,14H,6,9-10H2,1-5H3. The van der Waals surface area contributed by atoms with Crippen LogP contribution in [-0.4, -0.2) is 43.5 Å². The quantitative estimate of drug-likeness (QED) is 0.559. The third kappa shape index (κ3) is 4.44. The zero-order valence-electron chi connectivity index (χ0n) is 12.7. The second-order valence-electron chi connectivity index (χ2n) is 5.04. The molecule has 0 aliphatic heterocycles. The first-order valence-electron chi connectivity index (χ1n) is 6.86. The molecular weight excluding hydrogens is 238 g/mol. The van der Waals surface area contributed by atoms with Crippen LogP contribution in [0, 0.1) is 13.8 Å². The topological polar surface area (TPSA) is 29.5 Å². The summed E-state index contributed by atoms with van der Waals surface area (Å²) in [4.78, 5) is 14.6. The van der Waals surface area contributed by atoms with Crippen LogP contribution in [0.4, 0.5) is 0 Å². The second kappa shape index (κ2) is 7.41. The maximum absolute atomic E-state index is 12.5. The van der Waals surface area contributed by atoms with Gasteiger partial charge in [0.2, 0.25) is 0 Å². The summed E-state index contributed by atoms with van der Waals surface area (Å²) in [6.07, 6.45) is 0. The van der Waals surface area contributed by atoms with Gasteiger partial charge in [0.05, 0.1) is 12.6 Å². The van der Waals surface area contributed by atoms with Crippen molar-refractivity contribution in [2.45, 2.75) is 33.7 Å². The number of carbonyl (C=O) groups excluding carboxylic acids is 1. The molecule has 1 unspecified atom stereocenters. The molecular formula is C16H25NO2. The van der Waals surface area contributed by atoms with E-state index < -0.39 is 0 Å². The lowest BCUT2D eigenvalue weighted by atomic mass is 9.98. The molecule has 0 saturated heterocycles. The monoisotopic (exact) mass is 263 g/mol. The van der Waals surface area contributed by atoms with Crippen LogP contribution in [0.15, 0.2) is 18.2 Å². The van der Waals surface area contributed by atoms with E-state index in [1.165, 1.54) is 0 Å². The number of hydrogen-bond donors (Lipinski definition) is 0. The fraction of sp³-hybridized carbons (Fsp3) is 0.562. The Morgan fingerprint density at radius 3 is 2.68 bits per heavy atom. The van der Waals surface area contributed by atoms with Gasteiger partial charge in [-0.1, -0.05) is 17.7 Å². The third-order valence-corrected chi connectivity index (χ3v) is 3.49. The fourth-order valence-electron chi connectivity index (χ4n) is 1.97. The number of rotatable bonds is 7. The number of ether oxygens (including phenoxy) is 1. The summed E-state index contributed by atoms with van der Waals surface area (Å²) in [5.41, 5.74) is 2.99. The maximum Gasteiger partial charge on any atom is 0.179 e. The van der Waals surface area contributed by atoms with E-state index in [1.807, 2.05) is 57.8 Å². The molecule has 0 bridgehead atoms. The molecule has 106 valence electrons. The zero-order chi connectivity index (χ0) is 14.4. The number of ketones is 1. The van der Waals surface area contributed by atoms with E-state index in [2.05, 4.69) is 0 Å². The van der Waals surface area contributed by atoms with Crippen LogP contribution in [0.3, 0.4) is 0 Å². The van der Waals surface area contributed by atoms with Crippen LogP contribution in [0.2, 0.25) is 0 Å². The number of hydrogen-bond acceptors (Lipinski definition) is 3. The Bertz CT molecular complexity index is 429. The lowest BCUT2D eigenvalue weighted by Gasteiger charge is -2.24. The van der Waals surface area contributed by atoms with E-state index >= 15 is 0 Å². The minimum absolute atomic E-state index is 0.124. The highest BCUT2D eigenvalue weighted by Gasteiger charge is 2.20. The molecule has 1 atom stereocenters. The summed E-state index contributed by atoms with van der Waals surface area (Å²) < 4.78 is 5.33. The first-order chi connectivity index (χ1) is 8.97. The Morgan fingerprint density at radius 1 is 1.37 bits per heavy atom. The highest BCUT2D eigenvalue weighted by molar-refractivity contribution is 6.01. The minimum atomic E-state index is -0.124. The molecule has 0 N–H and O–H groups in total. The van der Waals surface area contributed by atoms with E-state index in [0.717, 1.165) is 23.2 Å². The molecule has 0 aromatic heterocycles. The molecule has 19 heavy (non-hydrogen) atoms. The van der Waals surface area contributed by atoms with Gasteiger partial charge in [-0.2, -0.15) is 0 Å². The number of carbonyl (C=O) groups is 1. The third-order valence-electron chi connectivity index (χ3n) is 3.49. The lowest BCUT2D eigenvalue weighted by Crippen LogP contribution is -2.38. The van der Waals surface area contributed by atoms with Crippen molar-refractivity contribution in [1.82, 2.24) is 4.90 Å². The lowest BCUT2D eigenvalue weighted by molar-refractivity contribution is 0.0788. The second-order valence-corrected chi connectivity index (χ2v) is 5.04. The van der Waals surface area contributed by atoms with Gasteiger partial charge in [0.25, 0.3) is 0 Å². The average molecular weight is 263 g/mol. The van der Waals surface area contributed by atoms with Gasteiger partial charge in [0, 0.05) is 18.7 Å². The van der Waals surface area contributed by atoms with Crippen LogP contribution < -0.4 is 0 Å². The number of benzene rings is 1. The molecule has 0 aliphatic carbocycles. The highest BCUT2D eigenvalue weighted by Crippen LogP contribution is 2.15. The molecule has 1 rings (SSSR count). The van der Waals surface area contributed by atoms with Gasteiger partial charge >= 0.3 is 0 Å². The van der Waals surface area contributed by atoms with Crippen molar-refractivity contribution in [3.8, 4) is 0 Å². The van der Waals surface area contributed by atoms with E-state index in [9.17, 15) is 4.79 Å². The summed E-state index contributed by atoms with van der Waals surface area (Å²) in [5.74, 6) is 0.181. The molecule has 0 saturated carbocycles. The molecule has 3 nitrogen and oxygen atoms in total. The summed E-state index contributed by atoms with van der Waals surface area (Å²) in [6.45, 7) is 10.1. The number of Topliss-reactive ketones (excluding diaryl/α,β-unsaturated/α-hetero) is 1. The zero-order valence-corrected chi connectivity index (χ0v) is 12.7. The van der Waals surface area contributed by atoms with Crippen LogP contribution in [0.1, 0.15) is 35.3 Å². The highest BCUT2D eigenvalue weighted by atomic mass is 16.5. The van der Waals surface area contributed by atoms with E-state index in [0.29, 0.717) is 13.2 Å². The number of likely N-dealkylation sites (N-methyl/N-ethyl adjacent to an activating group) is 1. The number of aryl methyl sites for hydroxylation is 2. The molecule has 0 spiro atoms. The predicted molar refractivity (Wildman–Crippen MR) is 78.8 cm³/mol. The van der Waals surface area contributed by atoms with E-state index in [4.69, 9.17) is 4.74 Å². The summed E-state index contributed by atoms with van der Waals surface area (Å²) in [6, 6.07) is 5.90. The molecule has 1 aromatic rings. The molecule has 0 aliphatic rings. The SMILES string of the molecule is CCOCCN(C)C(C)C(=O)c1cc(C)ccc1C. The summed E-state index contributed by atoms with van der Waals surface area (Å²) in [5, 5.41) is 0. The summed E-state index contributed by atoms with van der Waals surface area (Å²) >= 11 is 0. The smallest absolute Gasteiger partial charge is 0.179 e. The molecule has 0 heterocycles. The van der Waals surface area contributed by atoms with Crippen LogP contribution in [-0.2, 0) is 4.74 Å². The van der Waals surface area contributed by atoms with Crippen molar-refractivity contribution in [1.29, 1.82) is 0 Å². The Labute approximate surface area is 116 Å². The van der Waals surface area contributed by atoms with Crippen molar-refractivity contribution >= 4 is 5.78 Å². The van der Waals surface area contributed by atoms with Gasteiger partial charge < -0.3 is 4.74 Å². The first kappa shape index (κ1) is 15.9. The van der Waals surface area contributed by atoms with Gasteiger partial charge in [-0.3, -0.25) is 9.69 Å². The average Bonchev–Trinajstić information content (AvgIpc) is 2.40. The number of nitrogens with zero attached hydrogens (tertiary/aromatic N) is 1. The predicted octanol–water partition coefficient (Wildman–Crippen LogP) is 2.84. The van der Waals surface area contributed by atoms with Crippen LogP contribution in [0.25, 0.3) is 0 Å². The van der Waals surface area contributed by atoms with Crippen LogP contribution in [0.5, 0.6) is 0 Å². The molecule has 0 radical (unpaired) electrons. The van der Waals surface area contributed by atoms with Gasteiger partial charge in [0.1, 0.15) is 0 Å². The minimum Gasteiger partial charge on any atom is -0.380 e. The summed E-state index contributed by atoms with van der Waals surface area (Å²) in [7, 11) is 1.96. The van der Waals surface area contributed by atoms with Crippen molar-refractivity contribution in [2.24, 2.45) is 0 Å². The Balaban J connectivity index is 2.73. The van der Waals surface area contributed by atoms with E-state index in [1.54, 1.807) is 0 Å². The largest absolute Gasteiger partial charge is 0.380 e. The van der Waals surface area contributed by atoms with Gasteiger partial charge in [0.15, 0.2) is 5.78 Å². The van der Waals surface area contributed by atoms with Crippen molar-refractivity contribution in [3.63, 3.8) is 0 Å².